The van der Waals surface area contributed by atoms with Crippen molar-refractivity contribution in [2.75, 3.05) is 0 Å². The van der Waals surface area contributed by atoms with Crippen molar-refractivity contribution >= 4 is 128 Å². The van der Waals surface area contributed by atoms with Crippen molar-refractivity contribution in [3.8, 4) is 51.0 Å². The van der Waals surface area contributed by atoms with Crippen LogP contribution in [0.15, 0.2) is 223 Å². The molecule has 0 spiro atoms. The van der Waals surface area contributed by atoms with E-state index >= 15 is 0 Å². The van der Waals surface area contributed by atoms with Gasteiger partial charge in [-0.15, -0.1) is 22.7 Å². The first-order valence-electron chi connectivity index (χ1n) is 24.2. The van der Waals surface area contributed by atoms with Gasteiger partial charge in [0, 0.05) is 84.3 Å². The zero-order valence-electron chi connectivity index (χ0n) is 38.3. The Morgan fingerprint density at radius 2 is 0.847 bits per heavy atom. The highest BCUT2D eigenvalue weighted by Crippen LogP contribution is 2.46. The van der Waals surface area contributed by atoms with Crippen molar-refractivity contribution in [1.29, 1.82) is 0 Å². The molecule has 0 aliphatic heterocycles. The van der Waals surface area contributed by atoms with E-state index in [9.17, 15) is 0 Å². The normalized spacial score (nSPS) is 12.2. The SMILES string of the molecule is c1ccc2cc3c(cc2c1)c1c2ccccc2ccc1n3-c1ccc(-c2nc(-c3cccc4sc5ccccc5c34)nc(-c3cccc4sc5ccccc5c34)n2)c(-c2cccc3oc4ccccc4c23)c1. The van der Waals surface area contributed by atoms with Gasteiger partial charge in [-0.2, -0.15) is 0 Å². The van der Waals surface area contributed by atoms with Gasteiger partial charge in [0.1, 0.15) is 11.2 Å². The largest absolute Gasteiger partial charge is 0.456 e. The van der Waals surface area contributed by atoms with Crippen LogP contribution in [-0.2, 0) is 0 Å². The summed E-state index contributed by atoms with van der Waals surface area (Å²) in [5, 5.41) is 14.1. The molecular weight excluding hydrogens is 917 g/mol. The highest BCUT2D eigenvalue weighted by molar-refractivity contribution is 7.26. The summed E-state index contributed by atoms with van der Waals surface area (Å²) in [7, 11) is 0. The average Bonchev–Trinajstić information content (AvgIpc) is 4.21. The fraction of sp³-hybridized carbons (Fsp3) is 0. The maximum absolute atomic E-state index is 6.61. The van der Waals surface area contributed by atoms with Crippen molar-refractivity contribution < 1.29 is 4.42 Å². The molecule has 0 amide bonds. The summed E-state index contributed by atoms with van der Waals surface area (Å²) in [6.45, 7) is 0. The second-order valence-electron chi connectivity index (χ2n) is 18.6. The minimum atomic E-state index is 0.591. The van der Waals surface area contributed by atoms with E-state index in [1.54, 1.807) is 22.7 Å². The lowest BCUT2D eigenvalue weighted by atomic mass is 9.94. The lowest BCUT2D eigenvalue weighted by Crippen LogP contribution is -2.03. The van der Waals surface area contributed by atoms with Crippen molar-refractivity contribution in [3.05, 3.63) is 218 Å². The van der Waals surface area contributed by atoms with Crippen LogP contribution < -0.4 is 0 Å². The van der Waals surface area contributed by atoms with Gasteiger partial charge >= 0.3 is 0 Å². The summed E-state index contributed by atoms with van der Waals surface area (Å²) in [6, 6.07) is 78.5. The lowest BCUT2D eigenvalue weighted by Gasteiger charge is -2.16. The van der Waals surface area contributed by atoms with Crippen LogP contribution in [0.2, 0.25) is 0 Å². The van der Waals surface area contributed by atoms with Gasteiger partial charge < -0.3 is 8.98 Å². The van der Waals surface area contributed by atoms with Crippen LogP contribution in [0.5, 0.6) is 0 Å². The highest BCUT2D eigenvalue weighted by atomic mass is 32.1. The Kier molecular flexibility index (Phi) is 8.43. The van der Waals surface area contributed by atoms with Gasteiger partial charge in [-0.3, -0.25) is 0 Å². The van der Waals surface area contributed by atoms with Crippen LogP contribution in [0.25, 0.3) is 157 Å². The van der Waals surface area contributed by atoms with E-state index in [1.165, 1.54) is 61.9 Å². The maximum atomic E-state index is 6.61. The molecule has 0 radical (unpaired) electrons. The molecule has 0 N–H and O–H groups in total. The first-order chi connectivity index (χ1) is 35.7. The number of aromatic nitrogens is 4. The second-order valence-corrected chi connectivity index (χ2v) is 20.8. The molecule has 5 nitrogen and oxygen atoms in total. The van der Waals surface area contributed by atoms with Gasteiger partial charge in [0.25, 0.3) is 0 Å². The van der Waals surface area contributed by atoms with Crippen LogP contribution in [0.3, 0.4) is 0 Å². The number of para-hydroxylation sites is 1. The molecule has 0 saturated carbocycles. The first kappa shape index (κ1) is 39.8. The van der Waals surface area contributed by atoms with E-state index in [2.05, 4.69) is 217 Å². The Hall–Kier alpha value is -9.01. The molecule has 0 aliphatic carbocycles. The standard InChI is InChI=1S/C65H36N4OS2/c1-2-16-39-35-52-50(34-38(39)15-1)59-41-17-4-3-14-37(41)30-33-51(59)69(52)40-31-32-43(49(36-40)42-21-11-25-54-60(42)44-18-5-8-24-53(44)70-54)63-66-64(47-22-12-28-57-61(47)45-19-6-9-26-55(45)71-57)68-65(67-63)48-23-13-29-58-62(48)46-20-7-10-27-56(46)72-58/h1-36H. The number of nitrogens with zero attached hydrogens (tertiary/aromatic N) is 4. The summed E-state index contributed by atoms with van der Waals surface area (Å²) in [5.74, 6) is 1.85. The molecule has 0 bridgehead atoms. The summed E-state index contributed by atoms with van der Waals surface area (Å²) < 4.78 is 13.9. The molecule has 0 unspecified atom stereocenters. The Morgan fingerprint density at radius 1 is 0.306 bits per heavy atom. The van der Waals surface area contributed by atoms with Crippen LogP contribution in [0, 0.1) is 0 Å². The third-order valence-electron chi connectivity index (χ3n) is 14.6. The van der Waals surface area contributed by atoms with Crippen molar-refractivity contribution in [2.24, 2.45) is 0 Å². The van der Waals surface area contributed by atoms with Crippen molar-refractivity contribution in [3.63, 3.8) is 0 Å². The Bertz CT molecular complexity index is 4830. The molecule has 0 fully saturated rings. The van der Waals surface area contributed by atoms with Crippen molar-refractivity contribution in [1.82, 2.24) is 19.5 Å². The van der Waals surface area contributed by atoms with E-state index < -0.39 is 0 Å². The Balaban J connectivity index is 1.03. The molecule has 0 atom stereocenters. The molecule has 0 saturated heterocycles. The highest BCUT2D eigenvalue weighted by Gasteiger charge is 2.24. The van der Waals surface area contributed by atoms with Crippen molar-refractivity contribution in [2.45, 2.75) is 0 Å². The van der Waals surface area contributed by atoms with Crippen LogP contribution in [0.1, 0.15) is 0 Å². The summed E-state index contributed by atoms with van der Waals surface area (Å²) in [4.78, 5) is 16.7. The van der Waals surface area contributed by atoms with E-state index in [0.717, 1.165) is 77.2 Å². The van der Waals surface area contributed by atoms with E-state index in [1.807, 2.05) is 6.07 Å². The smallest absolute Gasteiger partial charge is 0.164 e. The molecule has 72 heavy (non-hydrogen) atoms. The van der Waals surface area contributed by atoms with Crippen LogP contribution in [0.4, 0.5) is 0 Å². The number of hydrogen-bond donors (Lipinski definition) is 0. The molecule has 16 rings (SSSR count). The van der Waals surface area contributed by atoms with E-state index in [0.29, 0.717) is 17.5 Å². The number of hydrogen-bond acceptors (Lipinski definition) is 6. The van der Waals surface area contributed by atoms with E-state index in [-0.39, 0.29) is 0 Å². The van der Waals surface area contributed by atoms with Gasteiger partial charge in [-0.1, -0.05) is 146 Å². The third kappa shape index (κ3) is 5.83. The lowest BCUT2D eigenvalue weighted by molar-refractivity contribution is 0.669. The number of furan rings is 1. The average molecular weight is 953 g/mol. The quantitative estimate of drug-likeness (QED) is 0.172. The van der Waals surface area contributed by atoms with Gasteiger partial charge in [-0.25, -0.2) is 15.0 Å². The molecule has 7 heteroatoms. The zero-order valence-corrected chi connectivity index (χ0v) is 39.9. The molecule has 5 aromatic heterocycles. The fourth-order valence-corrected chi connectivity index (χ4v) is 13.8. The zero-order chi connectivity index (χ0) is 47.0. The van der Waals surface area contributed by atoms with Gasteiger partial charge in [-0.05, 0) is 105 Å². The van der Waals surface area contributed by atoms with Crippen LogP contribution >= 0.6 is 22.7 Å². The number of rotatable bonds is 5. The number of thiophene rings is 2. The summed E-state index contributed by atoms with van der Waals surface area (Å²) >= 11 is 3.60. The summed E-state index contributed by atoms with van der Waals surface area (Å²) in [5.41, 5.74) is 9.84. The van der Waals surface area contributed by atoms with Gasteiger partial charge in [0.15, 0.2) is 17.5 Å². The molecule has 0 aliphatic rings. The van der Waals surface area contributed by atoms with Gasteiger partial charge in [0.05, 0.1) is 11.0 Å². The van der Waals surface area contributed by atoms with Gasteiger partial charge in [0.2, 0.25) is 0 Å². The minimum absolute atomic E-state index is 0.591. The second kappa shape index (κ2) is 15.2. The molecule has 16 aromatic rings. The maximum Gasteiger partial charge on any atom is 0.164 e. The Morgan fingerprint density at radius 3 is 1.56 bits per heavy atom. The number of benzene rings is 11. The molecular formula is C65H36N4OS2. The van der Waals surface area contributed by atoms with Crippen LogP contribution in [-0.4, -0.2) is 19.5 Å². The minimum Gasteiger partial charge on any atom is -0.456 e. The third-order valence-corrected chi connectivity index (χ3v) is 16.9. The number of fused-ring (bicyclic) bond motifs is 15. The predicted octanol–water partition coefficient (Wildman–Crippen LogP) is 18.6. The molecule has 11 aromatic carbocycles. The Labute approximate surface area is 419 Å². The topological polar surface area (TPSA) is 56.7 Å². The summed E-state index contributed by atoms with van der Waals surface area (Å²) in [6.07, 6.45) is 0. The monoisotopic (exact) mass is 952 g/mol. The van der Waals surface area contributed by atoms with E-state index in [4.69, 9.17) is 19.4 Å². The first-order valence-corrected chi connectivity index (χ1v) is 25.8. The molecule has 334 valence electrons. The predicted molar refractivity (Wildman–Crippen MR) is 304 cm³/mol. The molecule has 5 heterocycles. The fourth-order valence-electron chi connectivity index (χ4n) is 11.5.